The first kappa shape index (κ1) is 16.5. The Bertz CT molecular complexity index is 613. The molecule has 0 aliphatic carbocycles. The van der Waals surface area contributed by atoms with E-state index in [0.29, 0.717) is 29.8 Å². The summed E-state index contributed by atoms with van der Waals surface area (Å²) in [4.78, 5) is 0.529. The van der Waals surface area contributed by atoms with Crippen LogP contribution in [0.25, 0.3) is 0 Å². The fraction of sp³-hybridized carbons (Fsp3) is 0.647. The monoisotopic (exact) mass is 309 g/mol. The Balaban J connectivity index is 2.55. The molecule has 1 saturated heterocycles. The summed E-state index contributed by atoms with van der Waals surface area (Å²) < 4.78 is 28.0. The van der Waals surface area contributed by atoms with Gasteiger partial charge in [0.25, 0.3) is 0 Å². The Morgan fingerprint density at radius 1 is 0.952 bits per heavy atom. The van der Waals surface area contributed by atoms with Gasteiger partial charge in [-0.25, -0.2) is 8.42 Å². The number of hydrogen-bond donors (Lipinski definition) is 0. The van der Waals surface area contributed by atoms with Crippen LogP contribution >= 0.6 is 0 Å². The maximum Gasteiger partial charge on any atom is 0.243 e. The third-order valence-electron chi connectivity index (χ3n) is 4.73. The van der Waals surface area contributed by atoms with Crippen LogP contribution < -0.4 is 0 Å². The first-order chi connectivity index (χ1) is 9.64. The van der Waals surface area contributed by atoms with Gasteiger partial charge in [0.05, 0.1) is 4.90 Å². The van der Waals surface area contributed by atoms with Crippen molar-refractivity contribution in [1.29, 1.82) is 0 Å². The fourth-order valence-electron chi connectivity index (χ4n) is 3.50. The highest BCUT2D eigenvalue weighted by Crippen LogP contribution is 2.32. The van der Waals surface area contributed by atoms with Gasteiger partial charge >= 0.3 is 0 Å². The molecule has 118 valence electrons. The summed E-state index contributed by atoms with van der Waals surface area (Å²) in [7, 11) is -3.40. The SMILES string of the molecule is Cc1cc(C)c(C)c(S(=O)(=O)N2C[C@H](C)C[C@@H](C)C2)c1C. The molecule has 0 bridgehead atoms. The number of rotatable bonds is 2. The molecule has 0 unspecified atom stereocenters. The van der Waals surface area contributed by atoms with Crippen LogP contribution in [-0.2, 0) is 10.0 Å². The summed E-state index contributed by atoms with van der Waals surface area (Å²) in [6.07, 6.45) is 1.11. The van der Waals surface area contributed by atoms with Gasteiger partial charge in [-0.3, -0.25) is 0 Å². The number of sulfonamides is 1. The number of benzene rings is 1. The van der Waals surface area contributed by atoms with Crippen molar-refractivity contribution in [3.8, 4) is 0 Å². The summed E-state index contributed by atoms with van der Waals surface area (Å²) in [5.74, 6) is 0.852. The molecule has 0 N–H and O–H groups in total. The van der Waals surface area contributed by atoms with Crippen LogP contribution in [0.1, 0.15) is 42.5 Å². The van der Waals surface area contributed by atoms with Crippen LogP contribution in [0, 0.1) is 39.5 Å². The Hall–Kier alpha value is -0.870. The quantitative estimate of drug-likeness (QED) is 0.837. The van der Waals surface area contributed by atoms with E-state index < -0.39 is 10.0 Å². The van der Waals surface area contributed by atoms with E-state index >= 15 is 0 Å². The van der Waals surface area contributed by atoms with E-state index in [1.165, 1.54) is 0 Å². The molecule has 1 aromatic rings. The average Bonchev–Trinajstić information content (AvgIpc) is 2.35. The van der Waals surface area contributed by atoms with Gasteiger partial charge in [0.15, 0.2) is 0 Å². The standard InChI is InChI=1S/C17H27NO2S/c1-11-7-12(2)10-18(9-11)21(19,20)17-15(5)13(3)8-14(4)16(17)6/h8,11-12H,7,9-10H2,1-6H3/t11-,12-/m1/s1. The van der Waals surface area contributed by atoms with Gasteiger partial charge in [-0.2, -0.15) is 4.31 Å². The van der Waals surface area contributed by atoms with E-state index in [1.807, 2.05) is 27.7 Å². The molecular formula is C17H27NO2S. The summed E-state index contributed by atoms with van der Waals surface area (Å²) >= 11 is 0. The van der Waals surface area contributed by atoms with Gasteiger partial charge in [0.1, 0.15) is 0 Å². The molecule has 2 atom stereocenters. The summed E-state index contributed by atoms with van der Waals surface area (Å²) in [6.45, 7) is 13.4. The number of hydrogen-bond acceptors (Lipinski definition) is 2. The second-order valence-corrected chi connectivity index (χ2v) is 8.73. The molecule has 1 aliphatic heterocycles. The van der Waals surface area contributed by atoms with Crippen LogP contribution in [0.2, 0.25) is 0 Å². The zero-order valence-electron chi connectivity index (χ0n) is 14.0. The van der Waals surface area contributed by atoms with Gasteiger partial charge in [-0.05, 0) is 68.2 Å². The lowest BCUT2D eigenvalue weighted by atomic mass is 9.94. The maximum absolute atomic E-state index is 13.2. The largest absolute Gasteiger partial charge is 0.243 e. The fourth-order valence-corrected chi connectivity index (χ4v) is 5.75. The van der Waals surface area contributed by atoms with Crippen LogP contribution in [0.5, 0.6) is 0 Å². The Morgan fingerprint density at radius 2 is 1.38 bits per heavy atom. The van der Waals surface area contributed by atoms with Crippen LogP contribution in [0.3, 0.4) is 0 Å². The van der Waals surface area contributed by atoms with Crippen LogP contribution in [-0.4, -0.2) is 25.8 Å². The van der Waals surface area contributed by atoms with Crippen molar-refractivity contribution in [2.24, 2.45) is 11.8 Å². The molecule has 1 fully saturated rings. The molecule has 1 aliphatic rings. The minimum absolute atomic E-state index is 0.426. The molecule has 1 aromatic carbocycles. The molecule has 0 spiro atoms. The third-order valence-corrected chi connectivity index (χ3v) is 6.84. The third kappa shape index (κ3) is 3.02. The second-order valence-electron chi connectivity index (χ2n) is 6.86. The minimum Gasteiger partial charge on any atom is -0.207 e. The van der Waals surface area contributed by atoms with Crippen molar-refractivity contribution in [3.63, 3.8) is 0 Å². The van der Waals surface area contributed by atoms with Crippen molar-refractivity contribution in [2.45, 2.75) is 52.9 Å². The molecule has 0 aromatic heterocycles. The predicted molar refractivity (Wildman–Crippen MR) is 87.1 cm³/mol. The van der Waals surface area contributed by atoms with Crippen LogP contribution in [0.15, 0.2) is 11.0 Å². The number of nitrogens with zero attached hydrogens (tertiary/aromatic N) is 1. The van der Waals surface area contributed by atoms with Crippen molar-refractivity contribution in [2.75, 3.05) is 13.1 Å². The van der Waals surface area contributed by atoms with Crippen molar-refractivity contribution in [1.82, 2.24) is 4.31 Å². The van der Waals surface area contributed by atoms with Gasteiger partial charge in [-0.15, -0.1) is 0 Å². The molecule has 21 heavy (non-hydrogen) atoms. The van der Waals surface area contributed by atoms with E-state index in [-0.39, 0.29) is 0 Å². The van der Waals surface area contributed by atoms with Crippen molar-refractivity contribution in [3.05, 3.63) is 28.3 Å². The highest BCUT2D eigenvalue weighted by molar-refractivity contribution is 7.89. The molecule has 0 radical (unpaired) electrons. The molecular weight excluding hydrogens is 282 g/mol. The van der Waals surface area contributed by atoms with E-state index in [4.69, 9.17) is 0 Å². The lowest BCUT2D eigenvalue weighted by molar-refractivity contribution is 0.222. The molecule has 0 saturated carbocycles. The number of piperidine rings is 1. The molecule has 3 nitrogen and oxygen atoms in total. The van der Waals surface area contributed by atoms with Crippen LogP contribution in [0.4, 0.5) is 0 Å². The first-order valence-electron chi connectivity index (χ1n) is 7.72. The normalized spacial score (nSPS) is 24.3. The molecule has 1 heterocycles. The lowest BCUT2D eigenvalue weighted by Crippen LogP contribution is -2.43. The summed E-state index contributed by atoms with van der Waals surface area (Å²) in [5.41, 5.74) is 3.89. The maximum atomic E-state index is 13.2. The smallest absolute Gasteiger partial charge is 0.207 e. The second kappa shape index (κ2) is 5.73. The zero-order chi connectivity index (χ0) is 15.9. The van der Waals surface area contributed by atoms with E-state index in [0.717, 1.165) is 28.7 Å². The van der Waals surface area contributed by atoms with E-state index in [1.54, 1.807) is 4.31 Å². The van der Waals surface area contributed by atoms with Gasteiger partial charge < -0.3 is 0 Å². The van der Waals surface area contributed by atoms with E-state index in [2.05, 4.69) is 19.9 Å². The van der Waals surface area contributed by atoms with Gasteiger partial charge in [-0.1, -0.05) is 19.9 Å². The predicted octanol–water partition coefficient (Wildman–Crippen LogP) is 3.59. The number of aryl methyl sites for hydroxylation is 2. The molecule has 0 amide bonds. The van der Waals surface area contributed by atoms with Crippen molar-refractivity contribution < 1.29 is 8.42 Å². The minimum atomic E-state index is -3.40. The summed E-state index contributed by atoms with van der Waals surface area (Å²) in [6, 6.07) is 2.07. The van der Waals surface area contributed by atoms with E-state index in [9.17, 15) is 8.42 Å². The summed E-state index contributed by atoms with van der Waals surface area (Å²) in [5, 5.41) is 0. The van der Waals surface area contributed by atoms with Gasteiger partial charge in [0.2, 0.25) is 10.0 Å². The first-order valence-corrected chi connectivity index (χ1v) is 9.16. The zero-order valence-corrected chi connectivity index (χ0v) is 14.8. The average molecular weight is 309 g/mol. The molecule has 4 heteroatoms. The van der Waals surface area contributed by atoms with Crippen molar-refractivity contribution >= 4 is 10.0 Å². The highest BCUT2D eigenvalue weighted by atomic mass is 32.2. The Kier molecular flexibility index (Phi) is 4.50. The lowest BCUT2D eigenvalue weighted by Gasteiger charge is -2.35. The Labute approximate surface area is 129 Å². The van der Waals surface area contributed by atoms with Gasteiger partial charge in [0, 0.05) is 13.1 Å². The topological polar surface area (TPSA) is 37.4 Å². The Morgan fingerprint density at radius 3 is 1.81 bits per heavy atom. The molecule has 2 rings (SSSR count). The highest BCUT2D eigenvalue weighted by Gasteiger charge is 2.34.